The van der Waals surface area contributed by atoms with Gasteiger partial charge in [0.15, 0.2) is 0 Å². The van der Waals surface area contributed by atoms with E-state index in [4.69, 9.17) is 14.3 Å². The highest BCUT2D eigenvalue weighted by Crippen LogP contribution is 2.41. The molecule has 1 rings (SSSR count). The van der Waals surface area contributed by atoms with Crippen LogP contribution in [0.15, 0.2) is 27.1 Å². The lowest BCUT2D eigenvalue weighted by molar-refractivity contribution is 0.369. The molecule has 0 radical (unpaired) electrons. The van der Waals surface area contributed by atoms with Crippen molar-refractivity contribution < 1.29 is 14.3 Å². The maximum Gasteiger partial charge on any atom is 0.375 e. The zero-order valence-electron chi connectivity index (χ0n) is 6.15. The summed E-state index contributed by atoms with van der Waals surface area (Å²) in [6.45, 7) is -3.64. The molecule has 0 heterocycles. The summed E-state index contributed by atoms with van der Waals surface area (Å²) < 4.78 is 6.22. The normalized spacial score (nSPS) is 11.4. The second kappa shape index (κ2) is 4.38. The van der Waals surface area contributed by atoms with Crippen LogP contribution in [-0.4, -0.2) is 9.79 Å². The van der Waals surface area contributed by atoms with Gasteiger partial charge in [0, 0.05) is 16.3 Å². The molecule has 13 heavy (non-hydrogen) atoms. The molecule has 7 heteroatoms. The quantitative estimate of drug-likeness (QED) is 0.808. The molecule has 0 amide bonds. The average molecular weight is 348 g/mol. The van der Waals surface area contributed by atoms with Crippen LogP contribution in [0.4, 0.5) is 0 Å². The number of rotatable bonds is 2. The highest BCUT2D eigenvalue weighted by Gasteiger charge is 2.12. The van der Waals surface area contributed by atoms with Crippen LogP contribution in [0.2, 0.25) is 0 Å². The molecule has 72 valence electrons. The summed E-state index contributed by atoms with van der Waals surface area (Å²) in [7, 11) is 0. The Balaban J connectivity index is 2.97. The van der Waals surface area contributed by atoms with Crippen LogP contribution < -0.4 is 4.52 Å². The first-order valence-electron chi connectivity index (χ1n) is 3.09. The first-order valence-corrected chi connectivity index (χ1v) is 7.30. The second-order valence-corrected chi connectivity index (χ2v) is 6.52. The molecule has 0 atom stereocenters. The molecule has 0 bridgehead atoms. The largest absolute Gasteiger partial charge is 0.423 e. The monoisotopic (exact) mass is 346 g/mol. The molecule has 0 saturated heterocycles. The summed E-state index contributed by atoms with van der Waals surface area (Å²) >= 11 is 10.8. The van der Waals surface area contributed by atoms with Crippen LogP contribution in [0.25, 0.3) is 0 Å². The van der Waals surface area contributed by atoms with E-state index in [0.29, 0.717) is 10.2 Å². The van der Waals surface area contributed by atoms with E-state index in [1.54, 1.807) is 18.2 Å². The van der Waals surface area contributed by atoms with E-state index in [9.17, 15) is 0 Å². The molecule has 0 aliphatic rings. The van der Waals surface area contributed by atoms with Crippen LogP contribution >= 0.6 is 38.6 Å². The lowest BCUT2D eigenvalue weighted by Crippen LogP contribution is -1.90. The smallest absolute Gasteiger partial charge is 0.375 e. The van der Waals surface area contributed by atoms with Crippen molar-refractivity contribution in [1.82, 2.24) is 0 Å². The molecule has 0 fully saturated rings. The fourth-order valence-electron chi connectivity index (χ4n) is 0.677. The van der Waals surface area contributed by atoms with Gasteiger partial charge in [-0.15, -0.1) is 0 Å². The van der Waals surface area contributed by atoms with Gasteiger partial charge in [0.05, 0.1) is 4.47 Å². The molecule has 2 N–H and O–H groups in total. The van der Waals surface area contributed by atoms with Gasteiger partial charge in [0.2, 0.25) is 0 Å². The Morgan fingerprint density at radius 2 is 1.92 bits per heavy atom. The molecule has 0 saturated carbocycles. The summed E-state index contributed by atoms with van der Waals surface area (Å²) in [6.07, 6.45) is 0. The predicted octanol–water partition coefficient (Wildman–Crippen LogP) is 2.80. The number of hydrogen-bond donors (Lipinski definition) is 2. The molecular formula is C6H5Br2O3PS. The van der Waals surface area contributed by atoms with Crippen LogP contribution in [-0.2, 0) is 11.8 Å². The third-order valence-corrected chi connectivity index (χ3v) is 2.88. The standard InChI is InChI=1S/C6H5Br2O3PS/c7-4-1-2-6(5(8)3-4)11-12(9,10)13/h1-3H,(H2,9,10,13). The third kappa shape index (κ3) is 4.06. The molecule has 1 aromatic carbocycles. The Morgan fingerprint density at radius 1 is 1.31 bits per heavy atom. The molecule has 0 aromatic heterocycles. The number of hydrogen-bond acceptors (Lipinski definition) is 2. The van der Waals surface area contributed by atoms with Crippen LogP contribution in [0.3, 0.4) is 0 Å². The molecule has 0 unspecified atom stereocenters. The highest BCUT2D eigenvalue weighted by atomic mass is 79.9. The lowest BCUT2D eigenvalue weighted by Gasteiger charge is -2.11. The van der Waals surface area contributed by atoms with Crippen molar-refractivity contribution in [2.75, 3.05) is 0 Å². The lowest BCUT2D eigenvalue weighted by atomic mass is 10.3. The topological polar surface area (TPSA) is 49.7 Å². The van der Waals surface area contributed by atoms with Crippen molar-refractivity contribution in [2.45, 2.75) is 0 Å². The van der Waals surface area contributed by atoms with E-state index in [1.807, 2.05) is 0 Å². The molecule has 0 aliphatic carbocycles. The van der Waals surface area contributed by atoms with Crippen molar-refractivity contribution >= 4 is 50.4 Å². The maximum absolute atomic E-state index is 8.89. The average Bonchev–Trinajstić information content (AvgIpc) is 1.93. The van der Waals surface area contributed by atoms with E-state index in [2.05, 4.69) is 43.7 Å². The molecular weight excluding hydrogens is 343 g/mol. The number of halogens is 2. The molecule has 0 aliphatic heterocycles. The van der Waals surface area contributed by atoms with E-state index >= 15 is 0 Å². The minimum absolute atomic E-state index is 0.316. The summed E-state index contributed by atoms with van der Waals surface area (Å²) in [4.78, 5) is 17.8. The fourth-order valence-corrected chi connectivity index (χ4v) is 2.59. The van der Waals surface area contributed by atoms with E-state index < -0.39 is 6.72 Å². The molecule has 3 nitrogen and oxygen atoms in total. The zero-order valence-corrected chi connectivity index (χ0v) is 11.0. The SMILES string of the molecule is OP(O)(=S)Oc1ccc(Br)cc1Br. The molecule has 1 aromatic rings. The van der Waals surface area contributed by atoms with E-state index in [1.165, 1.54) is 0 Å². The van der Waals surface area contributed by atoms with Gasteiger partial charge in [-0.2, -0.15) is 0 Å². The predicted molar refractivity (Wildman–Crippen MR) is 61.2 cm³/mol. The van der Waals surface area contributed by atoms with E-state index in [-0.39, 0.29) is 0 Å². The van der Waals surface area contributed by atoms with Crippen LogP contribution in [0.1, 0.15) is 0 Å². The minimum Gasteiger partial charge on any atom is -0.423 e. The van der Waals surface area contributed by atoms with Gasteiger partial charge in [-0.25, -0.2) is 0 Å². The van der Waals surface area contributed by atoms with Crippen LogP contribution in [0, 0.1) is 0 Å². The fraction of sp³-hybridized carbons (Fsp3) is 0. The van der Waals surface area contributed by atoms with Gasteiger partial charge in [0.25, 0.3) is 0 Å². The van der Waals surface area contributed by atoms with Crippen molar-refractivity contribution in [3.05, 3.63) is 27.1 Å². The first kappa shape index (κ1) is 11.6. The Labute approximate surface area is 97.2 Å². The van der Waals surface area contributed by atoms with Crippen molar-refractivity contribution in [3.63, 3.8) is 0 Å². The van der Waals surface area contributed by atoms with Crippen molar-refractivity contribution in [1.29, 1.82) is 0 Å². The van der Waals surface area contributed by atoms with Gasteiger partial charge >= 0.3 is 6.72 Å². The Morgan fingerprint density at radius 3 is 2.38 bits per heavy atom. The highest BCUT2D eigenvalue weighted by molar-refractivity contribution is 9.11. The van der Waals surface area contributed by atoms with Gasteiger partial charge in [-0.1, -0.05) is 15.9 Å². The summed E-state index contributed by atoms with van der Waals surface area (Å²) in [5.41, 5.74) is 0. The zero-order chi connectivity index (χ0) is 10.1. The van der Waals surface area contributed by atoms with Crippen LogP contribution in [0.5, 0.6) is 5.75 Å². The Bertz CT molecular complexity index is 365. The van der Waals surface area contributed by atoms with Crippen molar-refractivity contribution in [3.8, 4) is 5.75 Å². The summed E-state index contributed by atoms with van der Waals surface area (Å²) in [6, 6.07) is 5.02. The Kier molecular flexibility index (Phi) is 3.92. The Hall–Kier alpha value is 0.550. The van der Waals surface area contributed by atoms with Gasteiger partial charge in [-0.05, 0) is 34.1 Å². The van der Waals surface area contributed by atoms with Gasteiger partial charge < -0.3 is 14.3 Å². The van der Waals surface area contributed by atoms with Gasteiger partial charge in [0.1, 0.15) is 5.75 Å². The summed E-state index contributed by atoms with van der Waals surface area (Å²) in [5, 5.41) is 0. The first-order chi connectivity index (χ1) is 5.88. The van der Waals surface area contributed by atoms with E-state index in [0.717, 1.165) is 4.47 Å². The third-order valence-electron chi connectivity index (χ3n) is 1.11. The number of benzene rings is 1. The van der Waals surface area contributed by atoms with Crippen molar-refractivity contribution in [2.24, 2.45) is 0 Å². The molecule has 0 spiro atoms. The second-order valence-electron chi connectivity index (χ2n) is 2.16. The summed E-state index contributed by atoms with van der Waals surface area (Å²) in [5.74, 6) is 0.316. The minimum atomic E-state index is -3.64. The maximum atomic E-state index is 8.89. The van der Waals surface area contributed by atoms with Gasteiger partial charge in [-0.3, -0.25) is 0 Å².